The summed E-state index contributed by atoms with van der Waals surface area (Å²) in [4.78, 5) is 29.4. The molecule has 2 aliphatic heterocycles. The number of hydrogen-bond acceptors (Lipinski definition) is 5. The average molecular weight is 485 g/mol. The summed E-state index contributed by atoms with van der Waals surface area (Å²) in [5.41, 5.74) is 4.52. The number of imidazole rings is 1. The van der Waals surface area contributed by atoms with Crippen LogP contribution < -0.4 is 9.47 Å². The lowest BCUT2D eigenvalue weighted by molar-refractivity contribution is -0.148. The maximum absolute atomic E-state index is 13.4. The third-order valence-corrected chi connectivity index (χ3v) is 9.09. The number of nitrogens with zero attached hydrogens (tertiary/aromatic N) is 3. The molecule has 1 saturated heterocycles. The smallest absolute Gasteiger partial charge is 0.231 e. The summed E-state index contributed by atoms with van der Waals surface area (Å²) in [6.07, 6.45) is 8.18. The van der Waals surface area contributed by atoms with Crippen molar-refractivity contribution >= 4 is 5.91 Å². The van der Waals surface area contributed by atoms with Crippen LogP contribution in [0.1, 0.15) is 62.9 Å². The Balaban J connectivity index is 1.25. The van der Waals surface area contributed by atoms with E-state index in [9.17, 15) is 4.79 Å². The molecule has 4 heterocycles. The molecule has 4 fully saturated rings. The van der Waals surface area contributed by atoms with Crippen LogP contribution in [0.4, 0.5) is 0 Å². The topological polar surface area (TPSA) is 80.3 Å². The van der Waals surface area contributed by atoms with Gasteiger partial charge in [0.1, 0.15) is 5.82 Å². The van der Waals surface area contributed by atoms with Crippen LogP contribution in [0.2, 0.25) is 0 Å². The maximum Gasteiger partial charge on any atom is 0.231 e. The summed E-state index contributed by atoms with van der Waals surface area (Å²) in [6.45, 7) is 4.14. The van der Waals surface area contributed by atoms with Gasteiger partial charge in [0.25, 0.3) is 0 Å². The zero-order chi connectivity index (χ0) is 24.3. The van der Waals surface area contributed by atoms with Crippen molar-refractivity contribution in [3.63, 3.8) is 0 Å². The number of likely N-dealkylation sites (tertiary alicyclic amines) is 1. The molecule has 1 amide bonds. The molecule has 3 saturated carbocycles. The first-order chi connectivity index (χ1) is 17.6. The Labute approximate surface area is 211 Å². The fraction of sp³-hybridized carbons (Fsp3) is 0.483. The second-order valence-electron chi connectivity index (χ2n) is 11.1. The lowest BCUT2D eigenvalue weighted by Crippen LogP contribution is -2.52. The number of aryl methyl sites for hydroxylation is 1. The molecule has 3 aliphatic carbocycles. The summed E-state index contributed by atoms with van der Waals surface area (Å²) in [5, 5.41) is 0. The monoisotopic (exact) mass is 484 g/mol. The molecule has 186 valence electrons. The van der Waals surface area contributed by atoms with Crippen LogP contribution in [-0.2, 0) is 10.2 Å². The van der Waals surface area contributed by atoms with Crippen molar-refractivity contribution in [2.45, 2.75) is 63.7 Å². The molecular weight excluding hydrogens is 452 g/mol. The standard InChI is InChI=1S/C29H32N4O3/c1-19-5-4-6-21(30-19)25-24(20-7-8-22-23(17-20)36-18-35-22)31-26(32-25)28-9-12-29(13-10-28,14-11-28)27(34)33-15-2-3-16-33/h4-8,17H,2-3,9-16,18H2,1H3,(H,31,32). The number of carbonyl (C=O) groups is 1. The molecular formula is C29H32N4O3. The number of aromatic amines is 1. The Hall–Kier alpha value is -3.35. The molecule has 2 bridgehead atoms. The molecule has 1 N–H and O–H groups in total. The summed E-state index contributed by atoms with van der Waals surface area (Å²) in [5.74, 6) is 2.97. The van der Waals surface area contributed by atoms with E-state index in [4.69, 9.17) is 19.4 Å². The second-order valence-corrected chi connectivity index (χ2v) is 11.1. The average Bonchev–Trinajstić information content (AvgIpc) is 3.70. The molecule has 8 rings (SSSR count). The third-order valence-electron chi connectivity index (χ3n) is 9.09. The molecule has 0 unspecified atom stereocenters. The van der Waals surface area contributed by atoms with E-state index >= 15 is 0 Å². The Morgan fingerprint density at radius 2 is 1.69 bits per heavy atom. The third kappa shape index (κ3) is 3.35. The maximum atomic E-state index is 13.4. The van der Waals surface area contributed by atoms with Crippen molar-refractivity contribution in [3.05, 3.63) is 47.9 Å². The quantitative estimate of drug-likeness (QED) is 0.537. The zero-order valence-electron chi connectivity index (χ0n) is 20.8. The van der Waals surface area contributed by atoms with Gasteiger partial charge in [-0.3, -0.25) is 9.78 Å². The number of carbonyl (C=O) groups excluding carboxylic acids is 1. The van der Waals surface area contributed by atoms with Gasteiger partial charge in [-0.2, -0.15) is 0 Å². The van der Waals surface area contributed by atoms with Crippen LogP contribution >= 0.6 is 0 Å². The van der Waals surface area contributed by atoms with E-state index in [1.807, 2.05) is 43.3 Å². The minimum atomic E-state index is -0.153. The van der Waals surface area contributed by atoms with E-state index < -0.39 is 0 Å². The Bertz CT molecular complexity index is 1320. The number of benzene rings is 1. The van der Waals surface area contributed by atoms with E-state index in [-0.39, 0.29) is 17.6 Å². The van der Waals surface area contributed by atoms with E-state index in [1.165, 1.54) is 0 Å². The molecule has 1 aromatic carbocycles. The van der Waals surface area contributed by atoms with Crippen LogP contribution in [0.15, 0.2) is 36.4 Å². The predicted molar refractivity (Wildman–Crippen MR) is 136 cm³/mol. The lowest BCUT2D eigenvalue weighted by Gasteiger charge is -2.52. The lowest BCUT2D eigenvalue weighted by atomic mass is 9.53. The van der Waals surface area contributed by atoms with E-state index in [1.54, 1.807) is 0 Å². The van der Waals surface area contributed by atoms with Crippen molar-refractivity contribution in [2.24, 2.45) is 5.41 Å². The Morgan fingerprint density at radius 3 is 2.44 bits per heavy atom. The number of fused-ring (bicyclic) bond motifs is 4. The van der Waals surface area contributed by atoms with E-state index in [0.717, 1.165) is 110 Å². The number of pyridine rings is 1. The molecule has 5 aliphatic rings. The largest absolute Gasteiger partial charge is 0.454 e. The van der Waals surface area contributed by atoms with Crippen LogP contribution in [0.25, 0.3) is 22.6 Å². The number of hydrogen-bond donors (Lipinski definition) is 1. The molecule has 7 nitrogen and oxygen atoms in total. The summed E-state index contributed by atoms with van der Waals surface area (Å²) in [7, 11) is 0. The highest BCUT2D eigenvalue weighted by atomic mass is 16.7. The van der Waals surface area contributed by atoms with Crippen molar-refractivity contribution in [3.8, 4) is 34.1 Å². The van der Waals surface area contributed by atoms with Crippen molar-refractivity contribution in [1.82, 2.24) is 19.9 Å². The van der Waals surface area contributed by atoms with Crippen LogP contribution in [0.5, 0.6) is 11.5 Å². The first-order valence-electron chi connectivity index (χ1n) is 13.3. The molecule has 0 radical (unpaired) electrons. The highest BCUT2D eigenvalue weighted by Gasteiger charge is 2.55. The SMILES string of the molecule is Cc1cccc(-c2[nH]c(C34CCC(C(=O)N5CCCC5)(CC3)CC4)nc2-c2ccc3c(c2)OCO3)n1. The molecule has 3 aromatic rings. The highest BCUT2D eigenvalue weighted by Crippen LogP contribution is 2.58. The van der Waals surface area contributed by atoms with Gasteiger partial charge in [-0.05, 0) is 88.6 Å². The number of nitrogens with one attached hydrogen (secondary N) is 1. The Morgan fingerprint density at radius 1 is 0.944 bits per heavy atom. The van der Waals surface area contributed by atoms with Gasteiger partial charge in [-0.1, -0.05) is 6.07 Å². The fourth-order valence-corrected chi connectivity index (χ4v) is 6.86. The van der Waals surface area contributed by atoms with Crippen molar-refractivity contribution in [1.29, 1.82) is 0 Å². The van der Waals surface area contributed by atoms with Crippen LogP contribution in [0.3, 0.4) is 0 Å². The first-order valence-corrected chi connectivity index (χ1v) is 13.3. The van der Waals surface area contributed by atoms with Gasteiger partial charge in [-0.15, -0.1) is 0 Å². The van der Waals surface area contributed by atoms with Crippen molar-refractivity contribution < 1.29 is 14.3 Å². The van der Waals surface area contributed by atoms with Crippen molar-refractivity contribution in [2.75, 3.05) is 19.9 Å². The molecule has 7 heteroatoms. The van der Waals surface area contributed by atoms with Crippen LogP contribution in [0, 0.1) is 12.3 Å². The van der Waals surface area contributed by atoms with Gasteiger partial charge in [0.2, 0.25) is 12.7 Å². The van der Waals surface area contributed by atoms with Gasteiger partial charge < -0.3 is 19.4 Å². The summed E-state index contributed by atoms with van der Waals surface area (Å²) < 4.78 is 11.2. The first kappa shape index (κ1) is 21.9. The Kier molecular flexibility index (Phi) is 4.92. The molecule has 0 atom stereocenters. The molecule has 0 spiro atoms. The number of aromatic nitrogens is 3. The molecule has 2 aromatic heterocycles. The van der Waals surface area contributed by atoms with Gasteiger partial charge in [0.05, 0.1) is 17.1 Å². The second kappa shape index (κ2) is 8.08. The molecule has 36 heavy (non-hydrogen) atoms. The predicted octanol–water partition coefficient (Wildman–Crippen LogP) is 5.39. The number of amides is 1. The fourth-order valence-electron chi connectivity index (χ4n) is 6.86. The minimum absolute atomic E-state index is 0.0137. The van der Waals surface area contributed by atoms with Gasteiger partial charge >= 0.3 is 0 Å². The van der Waals surface area contributed by atoms with E-state index in [0.29, 0.717) is 5.91 Å². The number of H-pyrrole nitrogens is 1. The highest BCUT2D eigenvalue weighted by molar-refractivity contribution is 5.83. The summed E-state index contributed by atoms with van der Waals surface area (Å²) in [6, 6.07) is 12.1. The normalized spacial score (nSPS) is 26.5. The number of ether oxygens (including phenoxy) is 2. The van der Waals surface area contributed by atoms with Gasteiger partial charge in [0.15, 0.2) is 11.5 Å². The van der Waals surface area contributed by atoms with Gasteiger partial charge in [-0.25, -0.2) is 4.98 Å². The summed E-state index contributed by atoms with van der Waals surface area (Å²) >= 11 is 0. The number of rotatable bonds is 4. The van der Waals surface area contributed by atoms with E-state index in [2.05, 4.69) is 9.88 Å². The zero-order valence-corrected chi connectivity index (χ0v) is 20.8. The van der Waals surface area contributed by atoms with Gasteiger partial charge in [0, 0.05) is 35.2 Å². The minimum Gasteiger partial charge on any atom is -0.454 e. The van der Waals surface area contributed by atoms with Crippen LogP contribution in [-0.4, -0.2) is 45.6 Å².